The van der Waals surface area contributed by atoms with Crippen LogP contribution in [0.4, 0.5) is 17.3 Å². The molecule has 138 valence electrons. The Morgan fingerprint density at radius 1 is 0.926 bits per heavy atom. The predicted octanol–water partition coefficient (Wildman–Crippen LogP) is 4.41. The van der Waals surface area contributed by atoms with Gasteiger partial charge in [0.25, 0.3) is 5.91 Å². The molecule has 0 aliphatic carbocycles. The van der Waals surface area contributed by atoms with E-state index in [1.165, 1.54) is 12.4 Å². The first kappa shape index (κ1) is 18.4. The Morgan fingerprint density at radius 3 is 2.26 bits per heavy atom. The van der Waals surface area contributed by atoms with Gasteiger partial charge < -0.3 is 15.4 Å². The van der Waals surface area contributed by atoms with Gasteiger partial charge in [-0.05, 0) is 50.1 Å². The van der Waals surface area contributed by atoms with Gasteiger partial charge in [0.05, 0.1) is 18.4 Å². The predicted molar refractivity (Wildman–Crippen MR) is 107 cm³/mol. The molecule has 3 rings (SSSR count). The summed E-state index contributed by atoms with van der Waals surface area (Å²) in [5.41, 5.74) is 5.17. The van der Waals surface area contributed by atoms with E-state index in [2.05, 4.69) is 20.6 Å². The van der Waals surface area contributed by atoms with Crippen molar-refractivity contribution >= 4 is 23.2 Å². The van der Waals surface area contributed by atoms with Crippen molar-refractivity contribution in [3.8, 4) is 5.75 Å². The van der Waals surface area contributed by atoms with Crippen LogP contribution >= 0.6 is 0 Å². The number of rotatable bonds is 5. The van der Waals surface area contributed by atoms with Crippen molar-refractivity contribution in [1.29, 1.82) is 0 Å². The van der Waals surface area contributed by atoms with Crippen molar-refractivity contribution in [1.82, 2.24) is 9.97 Å². The highest BCUT2D eigenvalue weighted by molar-refractivity contribution is 6.04. The fourth-order valence-electron chi connectivity index (χ4n) is 2.70. The molecule has 0 atom stereocenters. The van der Waals surface area contributed by atoms with Gasteiger partial charge in [0.15, 0.2) is 0 Å². The lowest BCUT2D eigenvalue weighted by molar-refractivity contribution is 0.102. The van der Waals surface area contributed by atoms with Crippen LogP contribution in [0.15, 0.2) is 48.8 Å². The van der Waals surface area contributed by atoms with Crippen LogP contribution in [-0.4, -0.2) is 23.0 Å². The number of nitrogens with zero attached hydrogens (tertiary/aromatic N) is 2. The van der Waals surface area contributed by atoms with Gasteiger partial charge in [0, 0.05) is 18.1 Å². The van der Waals surface area contributed by atoms with Crippen LogP contribution in [0.2, 0.25) is 0 Å². The van der Waals surface area contributed by atoms with E-state index in [0.717, 1.165) is 28.1 Å². The number of aromatic nitrogens is 2. The molecule has 0 saturated heterocycles. The lowest BCUT2D eigenvalue weighted by Gasteiger charge is -2.11. The minimum Gasteiger partial charge on any atom is -0.495 e. The summed E-state index contributed by atoms with van der Waals surface area (Å²) < 4.78 is 5.34. The molecule has 0 radical (unpaired) electrons. The second-order valence-electron chi connectivity index (χ2n) is 6.40. The summed E-state index contributed by atoms with van der Waals surface area (Å²) in [5, 5.41) is 6.01. The molecule has 0 unspecified atom stereocenters. The summed E-state index contributed by atoms with van der Waals surface area (Å²) in [4.78, 5) is 20.9. The Kier molecular flexibility index (Phi) is 5.35. The van der Waals surface area contributed by atoms with Crippen molar-refractivity contribution in [2.24, 2.45) is 0 Å². The first-order chi connectivity index (χ1) is 13.0. The number of benzene rings is 2. The maximum absolute atomic E-state index is 12.4. The molecule has 3 aromatic rings. The number of nitrogens with one attached hydrogen (secondary N) is 2. The second-order valence-corrected chi connectivity index (χ2v) is 6.40. The van der Waals surface area contributed by atoms with Crippen molar-refractivity contribution in [2.45, 2.75) is 20.8 Å². The highest BCUT2D eigenvalue weighted by Crippen LogP contribution is 2.27. The number of hydrogen-bond acceptors (Lipinski definition) is 5. The SMILES string of the molecule is COc1ccc(C)cc1Nc1ncc(C(=O)Nc2ccc(C)cc2C)cn1. The normalized spacial score (nSPS) is 10.4. The first-order valence-electron chi connectivity index (χ1n) is 8.58. The van der Waals surface area contributed by atoms with Crippen LogP contribution in [0.1, 0.15) is 27.0 Å². The first-order valence-corrected chi connectivity index (χ1v) is 8.58. The summed E-state index contributed by atoms with van der Waals surface area (Å²) in [6.45, 7) is 5.97. The number of ether oxygens (including phenoxy) is 1. The summed E-state index contributed by atoms with van der Waals surface area (Å²) in [6.07, 6.45) is 2.99. The van der Waals surface area contributed by atoms with E-state index in [9.17, 15) is 4.79 Å². The van der Waals surface area contributed by atoms with E-state index in [-0.39, 0.29) is 5.91 Å². The molecule has 6 heteroatoms. The van der Waals surface area contributed by atoms with Crippen LogP contribution in [0, 0.1) is 20.8 Å². The number of hydrogen-bond donors (Lipinski definition) is 2. The molecule has 1 heterocycles. The average molecular weight is 362 g/mol. The molecular weight excluding hydrogens is 340 g/mol. The van der Waals surface area contributed by atoms with Crippen LogP contribution in [-0.2, 0) is 0 Å². The fourth-order valence-corrected chi connectivity index (χ4v) is 2.70. The Balaban J connectivity index is 1.73. The fraction of sp³-hybridized carbons (Fsp3) is 0.190. The number of amides is 1. The van der Waals surface area contributed by atoms with E-state index in [1.54, 1.807) is 7.11 Å². The standard InChI is InChI=1S/C21H22N4O2/c1-13-5-7-17(15(3)9-13)24-20(26)16-11-22-21(23-12-16)25-18-10-14(2)6-8-19(18)27-4/h5-12H,1-4H3,(H,24,26)(H,22,23,25). The number of carbonyl (C=O) groups is 1. The third-order valence-corrected chi connectivity index (χ3v) is 4.15. The smallest absolute Gasteiger partial charge is 0.258 e. The minimum absolute atomic E-state index is 0.248. The Hall–Kier alpha value is -3.41. The third-order valence-electron chi connectivity index (χ3n) is 4.15. The molecule has 0 fully saturated rings. The van der Waals surface area contributed by atoms with Gasteiger partial charge in [-0.15, -0.1) is 0 Å². The third kappa shape index (κ3) is 4.41. The molecule has 0 spiro atoms. The van der Waals surface area contributed by atoms with Crippen molar-refractivity contribution in [3.63, 3.8) is 0 Å². The van der Waals surface area contributed by atoms with Gasteiger partial charge in [-0.1, -0.05) is 23.8 Å². The Morgan fingerprint density at radius 2 is 1.59 bits per heavy atom. The van der Waals surface area contributed by atoms with Crippen LogP contribution in [0.5, 0.6) is 5.75 Å². The van der Waals surface area contributed by atoms with E-state index in [1.807, 2.05) is 57.2 Å². The summed E-state index contributed by atoms with van der Waals surface area (Å²) in [5.74, 6) is 0.837. The molecule has 6 nitrogen and oxygen atoms in total. The van der Waals surface area contributed by atoms with E-state index in [4.69, 9.17) is 4.74 Å². The maximum atomic E-state index is 12.4. The molecule has 2 aromatic carbocycles. The molecular formula is C21H22N4O2. The lowest BCUT2D eigenvalue weighted by Crippen LogP contribution is -2.14. The topological polar surface area (TPSA) is 76.1 Å². The highest BCUT2D eigenvalue weighted by Gasteiger charge is 2.10. The van der Waals surface area contributed by atoms with Gasteiger partial charge in [-0.3, -0.25) is 4.79 Å². The number of carbonyl (C=O) groups excluding carboxylic acids is 1. The quantitative estimate of drug-likeness (QED) is 0.703. The Bertz CT molecular complexity index is 968. The van der Waals surface area contributed by atoms with Gasteiger partial charge >= 0.3 is 0 Å². The van der Waals surface area contributed by atoms with E-state index >= 15 is 0 Å². The average Bonchev–Trinajstić information content (AvgIpc) is 2.65. The van der Waals surface area contributed by atoms with Crippen LogP contribution in [0.25, 0.3) is 0 Å². The summed E-state index contributed by atoms with van der Waals surface area (Å²) in [6, 6.07) is 11.7. The Labute approximate surface area is 158 Å². The molecule has 0 saturated carbocycles. The maximum Gasteiger partial charge on any atom is 0.258 e. The second kappa shape index (κ2) is 7.86. The zero-order valence-electron chi connectivity index (χ0n) is 15.8. The zero-order valence-corrected chi connectivity index (χ0v) is 15.8. The van der Waals surface area contributed by atoms with Gasteiger partial charge in [0.1, 0.15) is 5.75 Å². The number of methoxy groups -OCH3 is 1. The van der Waals surface area contributed by atoms with E-state index < -0.39 is 0 Å². The summed E-state index contributed by atoms with van der Waals surface area (Å²) in [7, 11) is 1.61. The van der Waals surface area contributed by atoms with Gasteiger partial charge in [-0.25, -0.2) is 9.97 Å². The van der Waals surface area contributed by atoms with Crippen molar-refractivity contribution < 1.29 is 9.53 Å². The van der Waals surface area contributed by atoms with Crippen LogP contribution < -0.4 is 15.4 Å². The number of anilines is 3. The van der Waals surface area contributed by atoms with Gasteiger partial charge in [0.2, 0.25) is 5.95 Å². The highest BCUT2D eigenvalue weighted by atomic mass is 16.5. The monoisotopic (exact) mass is 362 g/mol. The van der Waals surface area contributed by atoms with Gasteiger partial charge in [-0.2, -0.15) is 0 Å². The lowest BCUT2D eigenvalue weighted by atomic mass is 10.1. The number of aryl methyl sites for hydroxylation is 3. The zero-order chi connectivity index (χ0) is 19.4. The van der Waals surface area contributed by atoms with Crippen molar-refractivity contribution in [2.75, 3.05) is 17.7 Å². The molecule has 27 heavy (non-hydrogen) atoms. The molecule has 2 N–H and O–H groups in total. The minimum atomic E-state index is -0.248. The molecule has 0 bridgehead atoms. The van der Waals surface area contributed by atoms with E-state index in [0.29, 0.717) is 17.3 Å². The largest absolute Gasteiger partial charge is 0.495 e. The molecule has 0 aliphatic heterocycles. The molecule has 0 aliphatic rings. The van der Waals surface area contributed by atoms with Crippen LogP contribution in [0.3, 0.4) is 0 Å². The molecule has 1 aromatic heterocycles. The summed E-state index contributed by atoms with van der Waals surface area (Å²) >= 11 is 0. The molecule has 1 amide bonds. The van der Waals surface area contributed by atoms with Crippen molar-refractivity contribution in [3.05, 3.63) is 71.0 Å².